The number of piperazine rings is 1. The van der Waals surface area contributed by atoms with Gasteiger partial charge in [0.25, 0.3) is 0 Å². The Morgan fingerprint density at radius 1 is 1.15 bits per heavy atom. The van der Waals surface area contributed by atoms with Gasteiger partial charge in [-0.3, -0.25) is 4.90 Å². The highest BCUT2D eigenvalue weighted by Crippen LogP contribution is 2.22. The van der Waals surface area contributed by atoms with Crippen molar-refractivity contribution in [3.63, 3.8) is 0 Å². The first-order valence-electron chi connectivity index (χ1n) is 8.75. The lowest BCUT2D eigenvalue weighted by atomic mass is 10.2. The van der Waals surface area contributed by atoms with Gasteiger partial charge in [-0.25, -0.2) is 13.1 Å². The van der Waals surface area contributed by atoms with Gasteiger partial charge in [-0.1, -0.05) is 17.7 Å². The van der Waals surface area contributed by atoms with Crippen LogP contribution < -0.4 is 0 Å². The number of hydrogen-bond donors (Lipinski definition) is 0. The third kappa shape index (κ3) is 3.75. The zero-order chi connectivity index (χ0) is 18.9. The van der Waals surface area contributed by atoms with Crippen molar-refractivity contribution in [1.29, 1.82) is 0 Å². The molecule has 0 N–H and O–H groups in total. The molecule has 0 spiro atoms. The molecule has 0 amide bonds. The van der Waals surface area contributed by atoms with E-state index in [1.165, 1.54) is 0 Å². The Balaban J connectivity index is 1.67. The molecule has 1 aliphatic heterocycles. The SMILES string of the molecule is CCn1cnn(CN2CCN(S(=O)(=O)c3ccc(C)cc3C)CC2)c1=S. The van der Waals surface area contributed by atoms with Crippen molar-refractivity contribution < 1.29 is 8.42 Å². The molecule has 0 bridgehead atoms. The van der Waals surface area contributed by atoms with Crippen LogP contribution in [0.25, 0.3) is 0 Å². The second kappa shape index (κ2) is 7.59. The number of nitrogens with zero attached hydrogens (tertiary/aromatic N) is 5. The number of aromatic nitrogens is 3. The Hall–Kier alpha value is -1.55. The van der Waals surface area contributed by atoms with Crippen LogP contribution in [-0.2, 0) is 23.2 Å². The van der Waals surface area contributed by atoms with Crippen LogP contribution in [0.15, 0.2) is 29.4 Å². The molecule has 7 nitrogen and oxygen atoms in total. The normalized spacial score (nSPS) is 16.9. The zero-order valence-corrected chi connectivity index (χ0v) is 17.1. The third-order valence-electron chi connectivity index (χ3n) is 4.75. The van der Waals surface area contributed by atoms with E-state index in [-0.39, 0.29) is 0 Å². The van der Waals surface area contributed by atoms with Crippen molar-refractivity contribution in [3.8, 4) is 0 Å². The van der Waals surface area contributed by atoms with E-state index in [1.807, 2.05) is 37.5 Å². The van der Waals surface area contributed by atoms with Crippen LogP contribution >= 0.6 is 12.2 Å². The summed E-state index contributed by atoms with van der Waals surface area (Å²) in [6.07, 6.45) is 1.74. The smallest absolute Gasteiger partial charge is 0.243 e. The van der Waals surface area contributed by atoms with E-state index < -0.39 is 10.0 Å². The summed E-state index contributed by atoms with van der Waals surface area (Å²) in [6.45, 7) is 9.47. The standard InChI is InChI=1S/C17H25N5O2S2/c1-4-20-12-18-22(17(20)25)13-19-7-9-21(10-8-19)26(23,24)16-6-5-14(2)11-15(16)3/h5-6,11-12H,4,7-10,13H2,1-3H3. The molecule has 0 radical (unpaired) electrons. The molecule has 0 atom stereocenters. The summed E-state index contributed by atoms with van der Waals surface area (Å²) in [5.41, 5.74) is 1.86. The highest BCUT2D eigenvalue weighted by molar-refractivity contribution is 7.89. The number of sulfonamides is 1. The summed E-state index contributed by atoms with van der Waals surface area (Å²) in [4.78, 5) is 2.58. The van der Waals surface area contributed by atoms with Gasteiger partial charge in [0.2, 0.25) is 10.0 Å². The summed E-state index contributed by atoms with van der Waals surface area (Å²) >= 11 is 5.39. The quantitative estimate of drug-likeness (QED) is 0.725. The van der Waals surface area contributed by atoms with Crippen LogP contribution in [0.1, 0.15) is 18.1 Å². The van der Waals surface area contributed by atoms with Crippen LogP contribution in [-0.4, -0.2) is 58.1 Å². The van der Waals surface area contributed by atoms with Gasteiger partial charge in [0.1, 0.15) is 6.33 Å². The minimum atomic E-state index is -3.45. The van der Waals surface area contributed by atoms with Crippen LogP contribution in [0.3, 0.4) is 0 Å². The molecule has 2 aromatic rings. The first kappa shape index (κ1) is 19.2. The van der Waals surface area contributed by atoms with Gasteiger partial charge >= 0.3 is 0 Å². The molecule has 1 aromatic heterocycles. The summed E-state index contributed by atoms with van der Waals surface area (Å²) in [5, 5.41) is 4.32. The highest BCUT2D eigenvalue weighted by atomic mass is 32.2. The third-order valence-corrected chi connectivity index (χ3v) is 7.26. The summed E-state index contributed by atoms with van der Waals surface area (Å²) in [7, 11) is -3.45. The molecule has 1 saturated heterocycles. The molecule has 26 heavy (non-hydrogen) atoms. The van der Waals surface area contributed by atoms with Crippen molar-refractivity contribution in [3.05, 3.63) is 40.4 Å². The molecule has 2 heterocycles. The van der Waals surface area contributed by atoms with E-state index in [1.54, 1.807) is 21.4 Å². The fourth-order valence-corrected chi connectivity index (χ4v) is 5.12. The van der Waals surface area contributed by atoms with Crippen molar-refractivity contribution >= 4 is 22.2 Å². The molecule has 1 aliphatic rings. The van der Waals surface area contributed by atoms with Crippen molar-refractivity contribution in [2.45, 2.75) is 38.9 Å². The van der Waals surface area contributed by atoms with E-state index >= 15 is 0 Å². The average molecular weight is 396 g/mol. The Labute approximate surface area is 159 Å². The van der Waals surface area contributed by atoms with Gasteiger partial charge in [0, 0.05) is 32.7 Å². The Kier molecular flexibility index (Phi) is 5.61. The first-order chi connectivity index (χ1) is 12.3. The topological polar surface area (TPSA) is 63.4 Å². The molecule has 1 aromatic carbocycles. The van der Waals surface area contributed by atoms with Crippen molar-refractivity contribution in [2.24, 2.45) is 0 Å². The fourth-order valence-electron chi connectivity index (χ4n) is 3.21. The van der Waals surface area contributed by atoms with Gasteiger partial charge in [-0.15, -0.1) is 0 Å². The lowest BCUT2D eigenvalue weighted by Crippen LogP contribution is -2.49. The molecule has 0 saturated carbocycles. The number of benzene rings is 1. The van der Waals surface area contributed by atoms with Crippen LogP contribution in [0.2, 0.25) is 0 Å². The van der Waals surface area contributed by atoms with Crippen LogP contribution in [0.5, 0.6) is 0 Å². The zero-order valence-electron chi connectivity index (χ0n) is 15.4. The van der Waals surface area contributed by atoms with Gasteiger partial charge in [0.05, 0.1) is 11.6 Å². The predicted molar refractivity (Wildman–Crippen MR) is 103 cm³/mol. The van der Waals surface area contributed by atoms with E-state index in [2.05, 4.69) is 10.00 Å². The average Bonchev–Trinajstić information content (AvgIpc) is 2.95. The summed E-state index contributed by atoms with van der Waals surface area (Å²) < 4.78 is 31.9. The molecule has 1 fully saturated rings. The maximum absolute atomic E-state index is 13.0. The Morgan fingerprint density at radius 2 is 1.85 bits per heavy atom. The molecule has 3 rings (SSSR count). The predicted octanol–water partition coefficient (Wildman–Crippen LogP) is 2.01. The minimum Gasteiger partial charge on any atom is -0.307 e. The number of hydrogen-bond acceptors (Lipinski definition) is 5. The van der Waals surface area contributed by atoms with Gasteiger partial charge in [-0.05, 0) is 44.6 Å². The largest absolute Gasteiger partial charge is 0.307 e. The fraction of sp³-hybridized carbons (Fsp3) is 0.529. The van der Waals surface area contributed by atoms with E-state index in [0.717, 1.165) is 17.7 Å². The maximum atomic E-state index is 13.0. The molecule has 142 valence electrons. The van der Waals surface area contributed by atoms with E-state index in [0.29, 0.717) is 42.5 Å². The number of aryl methyl sites for hydroxylation is 3. The molecular formula is C17H25N5O2S2. The molecular weight excluding hydrogens is 370 g/mol. The van der Waals surface area contributed by atoms with E-state index in [4.69, 9.17) is 12.2 Å². The van der Waals surface area contributed by atoms with Crippen molar-refractivity contribution in [1.82, 2.24) is 23.6 Å². The van der Waals surface area contributed by atoms with Crippen molar-refractivity contribution in [2.75, 3.05) is 26.2 Å². The first-order valence-corrected chi connectivity index (χ1v) is 10.6. The summed E-state index contributed by atoms with van der Waals surface area (Å²) in [5.74, 6) is 0. The Morgan fingerprint density at radius 3 is 2.42 bits per heavy atom. The second-order valence-electron chi connectivity index (χ2n) is 6.63. The summed E-state index contributed by atoms with van der Waals surface area (Å²) in [6, 6.07) is 5.47. The monoisotopic (exact) mass is 395 g/mol. The molecule has 0 aliphatic carbocycles. The van der Waals surface area contributed by atoms with Gasteiger partial charge in [0.15, 0.2) is 4.77 Å². The lowest BCUT2D eigenvalue weighted by molar-refractivity contribution is 0.144. The van der Waals surface area contributed by atoms with Gasteiger partial charge in [-0.2, -0.15) is 9.40 Å². The van der Waals surface area contributed by atoms with Crippen LogP contribution in [0, 0.1) is 18.6 Å². The second-order valence-corrected chi connectivity index (χ2v) is 8.90. The van der Waals surface area contributed by atoms with Crippen LogP contribution in [0.4, 0.5) is 0 Å². The van der Waals surface area contributed by atoms with Gasteiger partial charge < -0.3 is 4.57 Å². The Bertz CT molecular complexity index is 940. The molecule has 0 unspecified atom stereocenters. The molecule has 9 heteroatoms. The highest BCUT2D eigenvalue weighted by Gasteiger charge is 2.29. The minimum absolute atomic E-state index is 0.403. The number of rotatable bonds is 5. The lowest BCUT2D eigenvalue weighted by Gasteiger charge is -2.34. The maximum Gasteiger partial charge on any atom is 0.243 e. The van der Waals surface area contributed by atoms with E-state index in [9.17, 15) is 8.42 Å².